The van der Waals surface area contributed by atoms with Crippen molar-refractivity contribution in [2.24, 2.45) is 7.05 Å². The third-order valence-corrected chi connectivity index (χ3v) is 6.59. The summed E-state index contributed by atoms with van der Waals surface area (Å²) in [6.45, 7) is 0.612. The summed E-state index contributed by atoms with van der Waals surface area (Å²) in [6.07, 6.45) is -7.10. The van der Waals surface area contributed by atoms with Gasteiger partial charge in [0.05, 0.1) is 6.54 Å². The van der Waals surface area contributed by atoms with Gasteiger partial charge in [0, 0.05) is 37.9 Å². The van der Waals surface area contributed by atoms with Crippen LogP contribution in [0.25, 0.3) is 11.2 Å². The zero-order chi connectivity index (χ0) is 28.1. The molecule has 2 aliphatic heterocycles. The summed E-state index contributed by atoms with van der Waals surface area (Å²) < 4.78 is 46.0. The number of imidazole rings is 1. The van der Waals surface area contributed by atoms with Gasteiger partial charge in [-0.2, -0.15) is 23.4 Å². The van der Waals surface area contributed by atoms with Crippen molar-refractivity contribution < 1.29 is 27.5 Å². The van der Waals surface area contributed by atoms with Gasteiger partial charge in [0.2, 0.25) is 5.95 Å². The lowest BCUT2D eigenvalue weighted by molar-refractivity contribution is -0.205. The summed E-state index contributed by atoms with van der Waals surface area (Å²) in [4.78, 5) is 57.3. The zero-order valence-electron chi connectivity index (χ0n) is 20.4. The number of alkyl halides is 3. The topological polar surface area (TPSA) is 144 Å². The van der Waals surface area contributed by atoms with E-state index in [4.69, 9.17) is 0 Å². The lowest BCUT2D eigenvalue weighted by Gasteiger charge is -2.24. The lowest BCUT2D eigenvalue weighted by atomic mass is 10.1. The molecule has 1 atom stereocenters. The Morgan fingerprint density at radius 1 is 1.21 bits per heavy atom. The number of hydrogen-bond donors (Lipinski definition) is 1. The molecule has 2 aliphatic rings. The van der Waals surface area contributed by atoms with E-state index in [2.05, 4.69) is 15.0 Å². The smallest absolute Gasteiger partial charge is 0.420 e. The van der Waals surface area contributed by atoms with Crippen molar-refractivity contribution in [3.63, 3.8) is 0 Å². The summed E-state index contributed by atoms with van der Waals surface area (Å²) in [5, 5.41) is 12.9. The minimum absolute atomic E-state index is 0.153. The molecule has 0 bridgehead atoms. The highest BCUT2D eigenvalue weighted by Crippen LogP contribution is 2.34. The molecule has 12 nitrogen and oxygen atoms in total. The van der Waals surface area contributed by atoms with Crippen LogP contribution in [0.2, 0.25) is 0 Å². The quantitative estimate of drug-likeness (QED) is 0.355. The molecule has 2 aromatic heterocycles. The summed E-state index contributed by atoms with van der Waals surface area (Å²) in [5.41, 5.74) is -0.750. The average Bonchev–Trinajstić information content (AvgIpc) is 3.63. The molecule has 15 heteroatoms. The van der Waals surface area contributed by atoms with Crippen LogP contribution in [0.1, 0.15) is 23.0 Å². The molecule has 0 radical (unpaired) electrons. The van der Waals surface area contributed by atoms with E-state index in [1.807, 2.05) is 0 Å². The minimum Gasteiger partial charge on any atom is -0.420 e. The summed E-state index contributed by atoms with van der Waals surface area (Å²) in [5.74, 6) is -3.37. The normalized spacial score (nSPS) is 15.9. The van der Waals surface area contributed by atoms with Crippen molar-refractivity contribution in [1.82, 2.24) is 24.0 Å². The van der Waals surface area contributed by atoms with Gasteiger partial charge in [0.1, 0.15) is 6.07 Å². The number of nitrogens with one attached hydrogen (secondary N) is 1. The van der Waals surface area contributed by atoms with Gasteiger partial charge in [-0.15, -0.1) is 0 Å². The number of halogens is 3. The summed E-state index contributed by atoms with van der Waals surface area (Å²) >= 11 is 0. The Bertz CT molecular complexity index is 1700. The first-order valence-electron chi connectivity index (χ1n) is 11.7. The molecule has 0 saturated carbocycles. The van der Waals surface area contributed by atoms with Crippen LogP contribution in [0.3, 0.4) is 0 Å². The van der Waals surface area contributed by atoms with Crippen LogP contribution in [-0.4, -0.2) is 56.2 Å². The first kappa shape index (κ1) is 25.9. The van der Waals surface area contributed by atoms with Crippen LogP contribution >= 0.6 is 0 Å². The molecule has 202 valence electrons. The highest BCUT2D eigenvalue weighted by Gasteiger charge is 2.44. The maximum absolute atomic E-state index is 13.7. The number of fused-ring (bicyclic) bond motifs is 1. The molecule has 1 N–H and O–H groups in total. The number of rotatable bonds is 6. The maximum atomic E-state index is 13.7. The molecule has 1 aromatic carbocycles. The number of esters is 1. The lowest BCUT2D eigenvalue weighted by Crippen LogP contribution is -2.41. The van der Waals surface area contributed by atoms with Gasteiger partial charge in [0.25, 0.3) is 11.8 Å². The Balaban J connectivity index is 1.73. The minimum atomic E-state index is -5.42. The molecular weight excluding hydrogens is 523 g/mol. The van der Waals surface area contributed by atoms with Crippen LogP contribution in [0, 0.1) is 11.3 Å². The Morgan fingerprint density at radius 2 is 1.92 bits per heavy atom. The summed E-state index contributed by atoms with van der Waals surface area (Å²) in [6, 6.07) is 9.36. The van der Waals surface area contributed by atoms with Gasteiger partial charge in [-0.25, -0.2) is 9.59 Å². The highest BCUT2D eigenvalue weighted by molar-refractivity contribution is 5.96. The third kappa shape index (κ3) is 4.38. The van der Waals surface area contributed by atoms with Gasteiger partial charge < -0.3 is 15.0 Å². The number of carbonyl (C=O) groups excluding carboxylic acids is 2. The van der Waals surface area contributed by atoms with Gasteiger partial charge in [-0.05, 0) is 12.0 Å². The predicted molar refractivity (Wildman–Crippen MR) is 129 cm³/mol. The molecule has 3 aromatic rings. The summed E-state index contributed by atoms with van der Waals surface area (Å²) in [7, 11) is 1.27. The average molecular weight is 543 g/mol. The number of nitrogens with zero attached hydrogens (tertiary/aromatic N) is 6. The number of aryl methyl sites for hydroxylation is 1. The number of anilines is 1. The van der Waals surface area contributed by atoms with E-state index < -0.39 is 47.5 Å². The molecule has 4 heterocycles. The van der Waals surface area contributed by atoms with Crippen LogP contribution in [0.5, 0.6) is 0 Å². The van der Waals surface area contributed by atoms with E-state index in [0.29, 0.717) is 30.6 Å². The largest absolute Gasteiger partial charge is 0.491 e. The number of carbonyl (C=O) groups is 2. The Kier molecular flexibility index (Phi) is 6.35. The van der Waals surface area contributed by atoms with Crippen molar-refractivity contribution in [3.05, 3.63) is 68.0 Å². The van der Waals surface area contributed by atoms with Crippen molar-refractivity contribution in [3.8, 4) is 6.07 Å². The second kappa shape index (κ2) is 9.55. The zero-order valence-corrected chi connectivity index (χ0v) is 20.4. The number of nitriles is 1. The second-order valence-electron chi connectivity index (χ2n) is 8.92. The van der Waals surface area contributed by atoms with E-state index in [-0.39, 0.29) is 17.2 Å². The third-order valence-electron chi connectivity index (χ3n) is 6.59. The van der Waals surface area contributed by atoms with Gasteiger partial charge in [0.15, 0.2) is 16.9 Å². The van der Waals surface area contributed by atoms with E-state index >= 15 is 0 Å². The number of ketones is 1. The fraction of sp³-hybridized carbons (Fsp3) is 0.333. The van der Waals surface area contributed by atoms with Crippen molar-refractivity contribution >= 4 is 28.9 Å². The Hall–Kier alpha value is -4.71. The molecule has 1 unspecified atom stereocenters. The Labute approximate surface area is 217 Å². The van der Waals surface area contributed by atoms with Crippen LogP contribution in [-0.2, 0) is 23.1 Å². The number of aromatic nitrogens is 4. The first-order chi connectivity index (χ1) is 18.5. The SMILES string of the molecule is Cn1c(=O)n(CC(=O)c2ccccc2)c(=O)c2c1nc(N1CCC3=C1CNC3)n2C(C#N)OC(=O)C(F)(F)F. The van der Waals surface area contributed by atoms with Crippen LogP contribution in [0.15, 0.2) is 51.2 Å². The van der Waals surface area contributed by atoms with Crippen LogP contribution in [0.4, 0.5) is 19.1 Å². The monoisotopic (exact) mass is 543 g/mol. The van der Waals surface area contributed by atoms with Crippen LogP contribution < -0.4 is 21.5 Å². The maximum Gasteiger partial charge on any atom is 0.491 e. The number of Topliss-reactive ketones (excluding diaryl/α,β-unsaturated/α-hetero) is 1. The van der Waals surface area contributed by atoms with E-state index in [1.165, 1.54) is 25.2 Å². The molecule has 0 spiro atoms. The molecule has 0 aliphatic carbocycles. The fourth-order valence-electron chi connectivity index (χ4n) is 4.72. The van der Waals surface area contributed by atoms with Gasteiger partial charge in [-0.1, -0.05) is 30.3 Å². The number of hydrogen-bond acceptors (Lipinski definition) is 9. The van der Waals surface area contributed by atoms with Gasteiger partial charge >= 0.3 is 17.8 Å². The van der Waals surface area contributed by atoms with Crippen molar-refractivity contribution in [2.45, 2.75) is 25.4 Å². The number of ether oxygens (including phenoxy) is 1. The first-order valence-corrected chi connectivity index (χ1v) is 11.7. The molecule has 39 heavy (non-hydrogen) atoms. The molecular formula is C24H20F3N7O5. The van der Waals surface area contributed by atoms with Crippen molar-refractivity contribution in [1.29, 1.82) is 5.26 Å². The second-order valence-corrected chi connectivity index (χ2v) is 8.92. The molecule has 0 amide bonds. The fourth-order valence-corrected chi connectivity index (χ4v) is 4.72. The predicted octanol–water partition coefficient (Wildman–Crippen LogP) is 0.975. The van der Waals surface area contributed by atoms with E-state index in [9.17, 15) is 37.6 Å². The Morgan fingerprint density at radius 3 is 2.59 bits per heavy atom. The van der Waals surface area contributed by atoms with E-state index in [0.717, 1.165) is 20.4 Å². The number of benzene rings is 1. The van der Waals surface area contributed by atoms with Crippen molar-refractivity contribution in [2.75, 3.05) is 24.5 Å². The highest BCUT2D eigenvalue weighted by atomic mass is 19.4. The van der Waals surface area contributed by atoms with E-state index in [1.54, 1.807) is 23.1 Å². The molecule has 0 saturated heterocycles. The standard InChI is InChI=1S/C24H20F3N7O5/c1-31-19-18(20(36)33(23(31)38)12-16(35)13-5-3-2-4-6-13)34(17(9-28)39-21(37)24(25,26)27)22(30-19)32-8-7-14-10-29-11-15(14)32/h2-6,17,29H,7-8,10-12H2,1H3. The van der Waals surface area contributed by atoms with Gasteiger partial charge in [-0.3, -0.25) is 23.3 Å². The molecule has 5 rings (SSSR count). The molecule has 0 fully saturated rings.